The van der Waals surface area contributed by atoms with Crippen molar-refractivity contribution in [1.29, 1.82) is 0 Å². The molecule has 1 atom stereocenters. The van der Waals surface area contributed by atoms with E-state index in [1.54, 1.807) is 16.7 Å². The molecular formula is C12H14ClN3O3S. The van der Waals surface area contributed by atoms with Crippen molar-refractivity contribution in [2.75, 3.05) is 23.8 Å². The van der Waals surface area contributed by atoms with Gasteiger partial charge in [-0.1, -0.05) is 11.6 Å². The van der Waals surface area contributed by atoms with Gasteiger partial charge in [-0.25, -0.2) is 0 Å². The van der Waals surface area contributed by atoms with E-state index in [4.69, 9.17) is 17.3 Å². The van der Waals surface area contributed by atoms with Crippen LogP contribution in [0.1, 0.15) is 17.3 Å². The predicted molar refractivity (Wildman–Crippen MR) is 80.3 cm³/mol. The Labute approximate surface area is 125 Å². The largest absolute Gasteiger partial charge is 0.392 e. The second-order valence-corrected chi connectivity index (χ2v) is 6.13. The SMILES string of the molecule is CC1CSCCN1C(=O)c1cc(Cl)c(N)c([N+](=O)[O-])c1. The molecule has 1 saturated heterocycles. The number of amides is 1. The highest BCUT2D eigenvalue weighted by atomic mass is 35.5. The maximum absolute atomic E-state index is 12.4. The minimum Gasteiger partial charge on any atom is -0.392 e. The Morgan fingerprint density at radius 1 is 1.60 bits per heavy atom. The third-order valence-corrected chi connectivity index (χ3v) is 4.68. The first-order valence-corrected chi connectivity index (χ1v) is 7.57. The van der Waals surface area contributed by atoms with Crippen molar-refractivity contribution in [3.8, 4) is 0 Å². The lowest BCUT2D eigenvalue weighted by Gasteiger charge is -2.33. The van der Waals surface area contributed by atoms with Gasteiger partial charge in [0.05, 0.1) is 9.95 Å². The van der Waals surface area contributed by atoms with Crippen LogP contribution in [0.25, 0.3) is 0 Å². The average molecular weight is 316 g/mol. The minimum atomic E-state index is -0.631. The highest BCUT2D eigenvalue weighted by Crippen LogP contribution is 2.32. The van der Waals surface area contributed by atoms with Crippen LogP contribution in [0.4, 0.5) is 11.4 Å². The number of nitrogens with zero attached hydrogens (tertiary/aromatic N) is 2. The van der Waals surface area contributed by atoms with E-state index in [-0.39, 0.29) is 33.9 Å². The third kappa shape index (κ3) is 2.83. The van der Waals surface area contributed by atoms with Gasteiger partial charge in [-0.15, -0.1) is 0 Å². The first-order valence-electron chi connectivity index (χ1n) is 6.04. The Morgan fingerprint density at radius 3 is 2.90 bits per heavy atom. The number of thioether (sulfide) groups is 1. The van der Waals surface area contributed by atoms with Crippen molar-refractivity contribution >= 4 is 40.6 Å². The van der Waals surface area contributed by atoms with Crippen molar-refractivity contribution < 1.29 is 9.72 Å². The second-order valence-electron chi connectivity index (χ2n) is 4.57. The van der Waals surface area contributed by atoms with E-state index >= 15 is 0 Å². The molecule has 1 heterocycles. The van der Waals surface area contributed by atoms with Gasteiger partial charge in [0.15, 0.2) is 0 Å². The lowest BCUT2D eigenvalue weighted by Crippen LogP contribution is -2.44. The molecule has 1 aliphatic rings. The molecule has 1 aromatic carbocycles. The van der Waals surface area contributed by atoms with E-state index in [2.05, 4.69) is 0 Å². The van der Waals surface area contributed by atoms with E-state index in [0.717, 1.165) is 11.5 Å². The van der Waals surface area contributed by atoms with E-state index in [1.165, 1.54) is 12.1 Å². The maximum Gasteiger partial charge on any atom is 0.294 e. The van der Waals surface area contributed by atoms with Crippen LogP contribution < -0.4 is 5.73 Å². The molecule has 1 unspecified atom stereocenters. The number of anilines is 1. The Bertz CT molecular complexity index is 567. The van der Waals surface area contributed by atoms with Crippen LogP contribution in [0.5, 0.6) is 0 Å². The summed E-state index contributed by atoms with van der Waals surface area (Å²) in [4.78, 5) is 24.5. The van der Waals surface area contributed by atoms with Crippen LogP contribution in [-0.4, -0.2) is 39.8 Å². The van der Waals surface area contributed by atoms with Crippen LogP contribution in [0.3, 0.4) is 0 Å². The molecule has 1 aliphatic heterocycles. The van der Waals surface area contributed by atoms with E-state index in [0.29, 0.717) is 6.54 Å². The summed E-state index contributed by atoms with van der Waals surface area (Å²) in [5, 5.41) is 11.0. The van der Waals surface area contributed by atoms with E-state index in [9.17, 15) is 14.9 Å². The monoisotopic (exact) mass is 315 g/mol. The number of hydrogen-bond acceptors (Lipinski definition) is 5. The maximum atomic E-state index is 12.4. The summed E-state index contributed by atoms with van der Waals surface area (Å²) >= 11 is 7.66. The van der Waals surface area contributed by atoms with E-state index in [1.807, 2.05) is 6.92 Å². The second kappa shape index (κ2) is 5.88. The van der Waals surface area contributed by atoms with Crippen molar-refractivity contribution in [3.63, 3.8) is 0 Å². The van der Waals surface area contributed by atoms with Crippen LogP contribution >= 0.6 is 23.4 Å². The van der Waals surface area contributed by atoms with Crippen molar-refractivity contribution in [1.82, 2.24) is 4.90 Å². The fraction of sp³-hybridized carbons (Fsp3) is 0.417. The first-order chi connectivity index (χ1) is 9.41. The van der Waals surface area contributed by atoms with Crippen LogP contribution in [0, 0.1) is 10.1 Å². The fourth-order valence-electron chi connectivity index (χ4n) is 2.07. The molecule has 1 aromatic rings. The summed E-state index contributed by atoms with van der Waals surface area (Å²) in [6, 6.07) is 2.68. The molecule has 20 heavy (non-hydrogen) atoms. The topological polar surface area (TPSA) is 89.5 Å². The number of hydrogen-bond donors (Lipinski definition) is 1. The number of benzene rings is 1. The summed E-state index contributed by atoms with van der Waals surface area (Å²) < 4.78 is 0. The van der Waals surface area contributed by atoms with Gasteiger partial charge in [0.1, 0.15) is 5.69 Å². The molecule has 1 amide bonds. The lowest BCUT2D eigenvalue weighted by molar-refractivity contribution is -0.383. The van der Waals surface area contributed by atoms with Gasteiger partial charge in [-0.3, -0.25) is 14.9 Å². The van der Waals surface area contributed by atoms with Gasteiger partial charge < -0.3 is 10.6 Å². The van der Waals surface area contributed by atoms with Gasteiger partial charge in [-0.2, -0.15) is 11.8 Å². The normalized spacial score (nSPS) is 18.9. The Kier molecular flexibility index (Phi) is 4.39. The molecule has 108 valence electrons. The summed E-state index contributed by atoms with van der Waals surface area (Å²) in [7, 11) is 0. The molecule has 0 bridgehead atoms. The van der Waals surface area contributed by atoms with Gasteiger partial charge >= 0.3 is 0 Å². The molecule has 0 radical (unpaired) electrons. The van der Waals surface area contributed by atoms with Crippen LogP contribution in [-0.2, 0) is 0 Å². The molecule has 6 nitrogen and oxygen atoms in total. The Balaban J connectivity index is 2.37. The smallest absolute Gasteiger partial charge is 0.294 e. The third-order valence-electron chi connectivity index (χ3n) is 3.18. The fourth-order valence-corrected chi connectivity index (χ4v) is 3.30. The number of nitro benzene ring substituents is 1. The number of nitro groups is 1. The molecule has 0 spiro atoms. The number of nitrogens with two attached hydrogens (primary N) is 1. The summed E-state index contributed by atoms with van der Waals surface area (Å²) in [6.45, 7) is 2.58. The van der Waals surface area contributed by atoms with Crippen molar-refractivity contribution in [3.05, 3.63) is 32.8 Å². The Morgan fingerprint density at radius 2 is 2.30 bits per heavy atom. The van der Waals surface area contributed by atoms with Crippen molar-refractivity contribution in [2.24, 2.45) is 0 Å². The number of nitrogen functional groups attached to an aromatic ring is 1. The van der Waals surface area contributed by atoms with Gasteiger partial charge in [-0.05, 0) is 13.0 Å². The number of carbonyl (C=O) groups is 1. The van der Waals surface area contributed by atoms with Gasteiger partial charge in [0, 0.05) is 35.7 Å². The standard InChI is InChI=1S/C12H14ClN3O3S/c1-7-6-20-3-2-15(7)12(17)8-4-9(13)11(14)10(5-8)16(18)19/h4-5,7H,2-3,6,14H2,1H3. The first kappa shape index (κ1) is 14.9. The van der Waals surface area contributed by atoms with Gasteiger partial charge in [0.25, 0.3) is 11.6 Å². The average Bonchev–Trinajstić information content (AvgIpc) is 2.41. The predicted octanol–water partition coefficient (Wildman–Crippen LogP) is 2.41. The highest BCUT2D eigenvalue weighted by Gasteiger charge is 2.27. The van der Waals surface area contributed by atoms with Crippen LogP contribution in [0.2, 0.25) is 5.02 Å². The molecule has 2 N–H and O–H groups in total. The quantitative estimate of drug-likeness (QED) is 0.514. The van der Waals surface area contributed by atoms with Gasteiger partial charge in [0.2, 0.25) is 0 Å². The minimum absolute atomic E-state index is 0.0292. The summed E-state index contributed by atoms with van der Waals surface area (Å²) in [5.41, 5.74) is 5.31. The Hall–Kier alpha value is -1.47. The zero-order valence-electron chi connectivity index (χ0n) is 10.8. The summed E-state index contributed by atoms with van der Waals surface area (Å²) in [6.07, 6.45) is 0. The zero-order valence-corrected chi connectivity index (χ0v) is 12.4. The number of rotatable bonds is 2. The number of carbonyl (C=O) groups excluding carboxylic acids is 1. The molecule has 0 aromatic heterocycles. The van der Waals surface area contributed by atoms with Crippen molar-refractivity contribution in [2.45, 2.75) is 13.0 Å². The highest BCUT2D eigenvalue weighted by molar-refractivity contribution is 7.99. The van der Waals surface area contributed by atoms with Crippen LogP contribution in [0.15, 0.2) is 12.1 Å². The molecular weight excluding hydrogens is 302 g/mol. The molecule has 2 rings (SSSR count). The molecule has 0 saturated carbocycles. The molecule has 1 fully saturated rings. The van der Waals surface area contributed by atoms with E-state index < -0.39 is 4.92 Å². The lowest BCUT2D eigenvalue weighted by atomic mass is 10.1. The number of halogens is 1. The zero-order chi connectivity index (χ0) is 14.9. The summed E-state index contributed by atoms with van der Waals surface area (Å²) in [5.74, 6) is 1.47. The molecule has 8 heteroatoms. The molecule has 0 aliphatic carbocycles.